The molecule has 0 aliphatic rings. The standard InChI is InChI=1S/C49H29N5O2/c1-4-14-30(15-5-1)33-20-12-21-34(28-33)48-52-47(32-18-8-3-9-19-32)53-49(54-48)35-26-27-40-38(29-35)42-37(23-13-25-41(42)55-40)44-45-43(36-22-10-11-24-39(36)56-45)50-46(51-44)31-16-6-2-7-17-31/h1-29H. The van der Waals surface area contributed by atoms with Crippen LogP contribution in [0.5, 0.6) is 0 Å². The third kappa shape index (κ3) is 5.41. The van der Waals surface area contributed by atoms with Crippen LogP contribution in [0.4, 0.5) is 0 Å². The highest BCUT2D eigenvalue weighted by molar-refractivity contribution is 6.16. The first kappa shape index (κ1) is 31.7. The van der Waals surface area contributed by atoms with Crippen LogP contribution in [0.1, 0.15) is 0 Å². The molecule has 262 valence electrons. The molecule has 0 atom stereocenters. The van der Waals surface area contributed by atoms with Crippen LogP contribution in [-0.2, 0) is 0 Å². The van der Waals surface area contributed by atoms with Gasteiger partial charge in [-0.3, -0.25) is 0 Å². The van der Waals surface area contributed by atoms with E-state index in [1.165, 1.54) is 0 Å². The fourth-order valence-electron chi connectivity index (χ4n) is 7.47. The molecule has 7 heteroatoms. The Hall–Kier alpha value is -7.77. The predicted octanol–water partition coefficient (Wildman–Crippen LogP) is 12.5. The second-order valence-corrected chi connectivity index (χ2v) is 13.6. The van der Waals surface area contributed by atoms with Gasteiger partial charge in [0, 0.05) is 44.0 Å². The van der Waals surface area contributed by atoms with E-state index in [9.17, 15) is 0 Å². The lowest BCUT2D eigenvalue weighted by molar-refractivity contribution is 0.667. The Morgan fingerprint density at radius 2 is 0.857 bits per heavy atom. The number of aromatic nitrogens is 5. The minimum atomic E-state index is 0.556. The molecule has 4 aromatic heterocycles. The molecule has 11 rings (SSSR count). The molecular weight excluding hydrogens is 691 g/mol. The van der Waals surface area contributed by atoms with Crippen molar-refractivity contribution in [1.29, 1.82) is 0 Å². The van der Waals surface area contributed by atoms with E-state index in [1.54, 1.807) is 0 Å². The van der Waals surface area contributed by atoms with Gasteiger partial charge in [-0.15, -0.1) is 0 Å². The maximum atomic E-state index is 6.52. The summed E-state index contributed by atoms with van der Waals surface area (Å²) in [5.74, 6) is 2.36. The van der Waals surface area contributed by atoms with E-state index >= 15 is 0 Å². The highest BCUT2D eigenvalue weighted by atomic mass is 16.3. The Morgan fingerprint density at radius 1 is 0.321 bits per heavy atom. The summed E-state index contributed by atoms with van der Waals surface area (Å²) in [5, 5.41) is 2.76. The van der Waals surface area contributed by atoms with Crippen LogP contribution in [0.25, 0.3) is 112 Å². The number of fused-ring (bicyclic) bond motifs is 6. The van der Waals surface area contributed by atoms with E-state index in [0.717, 1.165) is 77.4 Å². The Kier molecular flexibility index (Phi) is 7.35. The third-order valence-electron chi connectivity index (χ3n) is 10.2. The highest BCUT2D eigenvalue weighted by Crippen LogP contribution is 2.42. The number of benzene rings is 7. The molecule has 7 nitrogen and oxygen atoms in total. The number of nitrogens with zero attached hydrogens (tertiary/aromatic N) is 5. The first-order valence-electron chi connectivity index (χ1n) is 18.4. The molecule has 0 unspecified atom stereocenters. The fourth-order valence-corrected chi connectivity index (χ4v) is 7.47. The largest absolute Gasteiger partial charge is 0.456 e. The van der Waals surface area contributed by atoms with Crippen LogP contribution < -0.4 is 0 Å². The van der Waals surface area contributed by atoms with Crippen molar-refractivity contribution in [2.75, 3.05) is 0 Å². The molecule has 0 spiro atoms. The van der Waals surface area contributed by atoms with Gasteiger partial charge in [-0.2, -0.15) is 0 Å². The molecule has 56 heavy (non-hydrogen) atoms. The number of hydrogen-bond acceptors (Lipinski definition) is 7. The van der Waals surface area contributed by atoms with E-state index < -0.39 is 0 Å². The first-order chi connectivity index (χ1) is 27.7. The van der Waals surface area contributed by atoms with E-state index in [4.69, 9.17) is 33.8 Å². The Morgan fingerprint density at radius 3 is 1.59 bits per heavy atom. The topological polar surface area (TPSA) is 90.7 Å². The van der Waals surface area contributed by atoms with Crippen LogP contribution in [0.15, 0.2) is 185 Å². The molecule has 0 aliphatic heterocycles. The third-order valence-corrected chi connectivity index (χ3v) is 10.2. The average molecular weight is 720 g/mol. The van der Waals surface area contributed by atoms with Gasteiger partial charge in [0.1, 0.15) is 28.0 Å². The van der Waals surface area contributed by atoms with Crippen molar-refractivity contribution in [2.24, 2.45) is 0 Å². The minimum Gasteiger partial charge on any atom is -0.456 e. The van der Waals surface area contributed by atoms with Crippen molar-refractivity contribution in [2.45, 2.75) is 0 Å². The van der Waals surface area contributed by atoms with E-state index in [-0.39, 0.29) is 0 Å². The molecule has 0 fully saturated rings. The van der Waals surface area contributed by atoms with Gasteiger partial charge in [-0.25, -0.2) is 24.9 Å². The van der Waals surface area contributed by atoms with Gasteiger partial charge >= 0.3 is 0 Å². The van der Waals surface area contributed by atoms with Crippen LogP contribution >= 0.6 is 0 Å². The molecule has 7 aromatic carbocycles. The normalized spacial score (nSPS) is 11.6. The summed E-state index contributed by atoms with van der Waals surface area (Å²) < 4.78 is 13.0. The van der Waals surface area contributed by atoms with Crippen molar-refractivity contribution in [3.05, 3.63) is 176 Å². The van der Waals surface area contributed by atoms with Crippen molar-refractivity contribution < 1.29 is 8.83 Å². The zero-order valence-electron chi connectivity index (χ0n) is 29.8. The monoisotopic (exact) mass is 719 g/mol. The lowest BCUT2D eigenvalue weighted by Gasteiger charge is -2.10. The lowest BCUT2D eigenvalue weighted by Crippen LogP contribution is -2.00. The van der Waals surface area contributed by atoms with Gasteiger partial charge in [0.2, 0.25) is 0 Å². The number of rotatable bonds is 6. The van der Waals surface area contributed by atoms with E-state index in [1.807, 2.05) is 140 Å². The summed E-state index contributed by atoms with van der Waals surface area (Å²) in [6.07, 6.45) is 0. The van der Waals surface area contributed by atoms with E-state index in [2.05, 4.69) is 36.4 Å². The number of hydrogen-bond donors (Lipinski definition) is 0. The molecule has 0 saturated heterocycles. The van der Waals surface area contributed by atoms with Crippen LogP contribution in [0, 0.1) is 0 Å². The van der Waals surface area contributed by atoms with Crippen molar-refractivity contribution in [3.8, 4) is 67.9 Å². The van der Waals surface area contributed by atoms with Gasteiger partial charge in [0.15, 0.2) is 28.9 Å². The molecule has 0 bridgehead atoms. The van der Waals surface area contributed by atoms with Crippen molar-refractivity contribution in [1.82, 2.24) is 24.9 Å². The van der Waals surface area contributed by atoms with Gasteiger partial charge in [-0.1, -0.05) is 133 Å². The van der Waals surface area contributed by atoms with Gasteiger partial charge in [-0.05, 0) is 53.6 Å². The average Bonchev–Trinajstić information content (AvgIpc) is 3.85. The summed E-state index contributed by atoms with van der Waals surface area (Å²) in [6.45, 7) is 0. The minimum absolute atomic E-state index is 0.556. The smallest absolute Gasteiger partial charge is 0.180 e. The zero-order chi connectivity index (χ0) is 37.0. The maximum absolute atomic E-state index is 6.52. The number of furan rings is 2. The second-order valence-electron chi connectivity index (χ2n) is 13.6. The Bertz CT molecular complexity index is 3250. The summed E-state index contributed by atoms with van der Waals surface area (Å²) in [5.41, 5.74) is 10.9. The maximum Gasteiger partial charge on any atom is 0.180 e. The summed E-state index contributed by atoms with van der Waals surface area (Å²) >= 11 is 0. The molecule has 0 saturated carbocycles. The van der Waals surface area contributed by atoms with Gasteiger partial charge < -0.3 is 8.83 Å². The molecule has 0 N–H and O–H groups in total. The quantitative estimate of drug-likeness (QED) is 0.169. The molecule has 11 aromatic rings. The van der Waals surface area contributed by atoms with Crippen molar-refractivity contribution in [3.63, 3.8) is 0 Å². The Labute approximate surface area is 320 Å². The Balaban J connectivity index is 1.12. The van der Waals surface area contributed by atoms with Gasteiger partial charge in [0.05, 0.1) is 0 Å². The molecule has 0 aliphatic carbocycles. The predicted molar refractivity (Wildman–Crippen MR) is 223 cm³/mol. The fraction of sp³-hybridized carbons (Fsp3) is 0. The lowest BCUT2D eigenvalue weighted by atomic mass is 10.0. The number of para-hydroxylation sites is 1. The summed E-state index contributed by atoms with van der Waals surface area (Å²) in [6, 6.07) is 58.8. The van der Waals surface area contributed by atoms with Crippen LogP contribution in [0.3, 0.4) is 0 Å². The highest BCUT2D eigenvalue weighted by Gasteiger charge is 2.22. The molecular formula is C49H29N5O2. The zero-order valence-corrected chi connectivity index (χ0v) is 29.8. The summed E-state index contributed by atoms with van der Waals surface area (Å²) in [4.78, 5) is 25.4. The SMILES string of the molecule is c1ccc(-c2cccc(-c3nc(-c4ccccc4)nc(-c4ccc5oc6cccc(-c7nc(-c8ccccc8)nc8c7oc7ccccc78)c6c5c4)n3)c2)cc1. The van der Waals surface area contributed by atoms with Crippen LogP contribution in [-0.4, -0.2) is 24.9 Å². The van der Waals surface area contributed by atoms with Crippen molar-refractivity contribution >= 4 is 44.0 Å². The molecule has 0 radical (unpaired) electrons. The first-order valence-corrected chi connectivity index (χ1v) is 18.4. The second kappa shape index (κ2) is 13.0. The summed E-state index contributed by atoms with van der Waals surface area (Å²) in [7, 11) is 0. The van der Waals surface area contributed by atoms with E-state index in [0.29, 0.717) is 34.6 Å². The van der Waals surface area contributed by atoms with Gasteiger partial charge in [0.25, 0.3) is 0 Å². The molecule has 4 heterocycles. The molecule has 0 amide bonds. The van der Waals surface area contributed by atoms with Crippen LogP contribution in [0.2, 0.25) is 0 Å².